The molecule has 11 heteroatoms. The first-order chi connectivity index (χ1) is 22.6. The summed E-state index contributed by atoms with van der Waals surface area (Å²) < 4.78 is 83.9. The molecule has 0 fully saturated rings. The summed E-state index contributed by atoms with van der Waals surface area (Å²) in [6.45, 7) is 4.92. The van der Waals surface area contributed by atoms with Crippen LogP contribution >= 0.6 is 0 Å². The molecule has 3 aromatic rings. The van der Waals surface area contributed by atoms with Crippen LogP contribution in [0.25, 0.3) is 11.1 Å². The van der Waals surface area contributed by atoms with Gasteiger partial charge < -0.3 is 23.7 Å². The van der Waals surface area contributed by atoms with Gasteiger partial charge in [0.1, 0.15) is 11.3 Å². The number of carbonyl (C=O) groups is 2. The third-order valence-corrected chi connectivity index (χ3v) is 7.49. The Labute approximate surface area is 273 Å². The zero-order valence-corrected chi connectivity index (χ0v) is 26.9. The van der Waals surface area contributed by atoms with E-state index in [1.165, 1.54) is 36.4 Å². The van der Waals surface area contributed by atoms with Crippen LogP contribution in [0.2, 0.25) is 0 Å². The number of rotatable bonds is 19. The van der Waals surface area contributed by atoms with Crippen molar-refractivity contribution in [2.75, 3.05) is 26.9 Å². The van der Waals surface area contributed by atoms with Gasteiger partial charge in [0.05, 0.1) is 18.3 Å². The Hall–Kier alpha value is -3.96. The topological polar surface area (TPSA) is 80.3 Å². The standard InChI is InChI=1S/C36H42F4O7/c1-4-26(43-3)17-14-24-45-33-27(25-15-8-6-9-16-25)21-22-29(32(33)37)35(42)46-30-19-12-11-18-28(30)34(41)47-31(36(38,39)40)20-10-7-13-23-44-5-2/h6,8-9,11-12,15-16,18-19,21-22,26,31H,4-5,7,10,13-14,17,20,23-24H2,1-3H3. The summed E-state index contributed by atoms with van der Waals surface area (Å²) in [5, 5.41) is 0. The molecule has 0 radical (unpaired) electrons. The number of hydrogen-bond acceptors (Lipinski definition) is 7. The van der Waals surface area contributed by atoms with Crippen molar-refractivity contribution in [2.45, 2.75) is 77.2 Å². The molecule has 0 aromatic heterocycles. The van der Waals surface area contributed by atoms with E-state index in [0.717, 1.165) is 6.42 Å². The number of halogens is 4. The molecular formula is C36H42F4O7. The van der Waals surface area contributed by atoms with Crippen LogP contribution in [0.5, 0.6) is 11.5 Å². The highest BCUT2D eigenvalue weighted by Gasteiger charge is 2.42. The van der Waals surface area contributed by atoms with Gasteiger partial charge in [-0.1, -0.05) is 55.8 Å². The Kier molecular flexibility index (Phi) is 15.2. The van der Waals surface area contributed by atoms with Crippen molar-refractivity contribution in [3.05, 3.63) is 83.7 Å². The first-order valence-corrected chi connectivity index (χ1v) is 15.8. The molecule has 3 aromatic carbocycles. The number of esters is 2. The van der Waals surface area contributed by atoms with E-state index < -0.39 is 47.6 Å². The van der Waals surface area contributed by atoms with Crippen molar-refractivity contribution in [2.24, 2.45) is 0 Å². The molecule has 0 aliphatic heterocycles. The van der Waals surface area contributed by atoms with Gasteiger partial charge in [0.2, 0.25) is 0 Å². The van der Waals surface area contributed by atoms with Gasteiger partial charge in [-0.3, -0.25) is 0 Å². The van der Waals surface area contributed by atoms with Gasteiger partial charge in [0.25, 0.3) is 0 Å². The van der Waals surface area contributed by atoms with Gasteiger partial charge >= 0.3 is 18.1 Å². The van der Waals surface area contributed by atoms with Crippen LogP contribution in [-0.4, -0.2) is 57.3 Å². The molecule has 0 heterocycles. The first kappa shape index (κ1) is 37.5. The summed E-state index contributed by atoms with van der Waals surface area (Å²) in [7, 11) is 1.62. The zero-order chi connectivity index (χ0) is 34.2. The van der Waals surface area contributed by atoms with Crippen molar-refractivity contribution in [1.82, 2.24) is 0 Å². The lowest BCUT2D eigenvalue weighted by Gasteiger charge is -2.21. The van der Waals surface area contributed by atoms with Crippen LogP contribution in [0.15, 0.2) is 66.7 Å². The van der Waals surface area contributed by atoms with Crippen LogP contribution in [-0.2, 0) is 14.2 Å². The van der Waals surface area contributed by atoms with Crippen molar-refractivity contribution < 1.29 is 50.8 Å². The third kappa shape index (κ3) is 11.4. The van der Waals surface area contributed by atoms with Gasteiger partial charge in [-0.25, -0.2) is 14.0 Å². The fourth-order valence-electron chi connectivity index (χ4n) is 4.89. The molecule has 3 rings (SSSR count). The quantitative estimate of drug-likeness (QED) is 0.0549. The predicted octanol–water partition coefficient (Wildman–Crippen LogP) is 8.98. The van der Waals surface area contributed by atoms with E-state index in [9.17, 15) is 22.8 Å². The van der Waals surface area contributed by atoms with E-state index in [4.69, 9.17) is 23.7 Å². The van der Waals surface area contributed by atoms with Gasteiger partial charge in [0, 0.05) is 25.9 Å². The van der Waals surface area contributed by atoms with Crippen LogP contribution in [0.1, 0.15) is 79.5 Å². The predicted molar refractivity (Wildman–Crippen MR) is 169 cm³/mol. The molecule has 7 nitrogen and oxygen atoms in total. The van der Waals surface area contributed by atoms with E-state index in [1.54, 1.807) is 31.4 Å². The third-order valence-electron chi connectivity index (χ3n) is 7.49. The molecule has 0 N–H and O–H groups in total. The minimum absolute atomic E-state index is 0.0298. The van der Waals surface area contributed by atoms with Crippen molar-refractivity contribution >= 4 is 11.9 Å². The normalized spacial score (nSPS) is 12.7. The van der Waals surface area contributed by atoms with Crippen molar-refractivity contribution in [3.8, 4) is 22.6 Å². The summed E-state index contributed by atoms with van der Waals surface area (Å²) in [6.07, 6.45) is -4.30. The summed E-state index contributed by atoms with van der Waals surface area (Å²) in [4.78, 5) is 26.2. The Morgan fingerprint density at radius 3 is 2.19 bits per heavy atom. The minimum Gasteiger partial charge on any atom is -0.490 e. The molecule has 2 unspecified atom stereocenters. The lowest BCUT2D eigenvalue weighted by Crippen LogP contribution is -2.34. The highest BCUT2D eigenvalue weighted by molar-refractivity contribution is 5.97. The maximum atomic E-state index is 16.0. The molecule has 0 aliphatic rings. The van der Waals surface area contributed by atoms with Crippen LogP contribution < -0.4 is 9.47 Å². The van der Waals surface area contributed by atoms with Gasteiger partial charge in [-0.2, -0.15) is 13.2 Å². The van der Waals surface area contributed by atoms with E-state index >= 15 is 4.39 Å². The second-order valence-corrected chi connectivity index (χ2v) is 10.8. The number of carbonyl (C=O) groups excluding carboxylic acids is 2. The summed E-state index contributed by atoms with van der Waals surface area (Å²) >= 11 is 0. The van der Waals surface area contributed by atoms with E-state index in [0.29, 0.717) is 50.0 Å². The molecular weight excluding hydrogens is 620 g/mol. The van der Waals surface area contributed by atoms with Crippen LogP contribution in [0.3, 0.4) is 0 Å². The number of unbranched alkanes of at least 4 members (excludes halogenated alkanes) is 2. The van der Waals surface area contributed by atoms with Gasteiger partial charge in [-0.05, 0) is 75.3 Å². The Balaban J connectivity index is 1.80. The summed E-state index contributed by atoms with van der Waals surface area (Å²) in [5.41, 5.74) is 0.184. The minimum atomic E-state index is -4.80. The van der Waals surface area contributed by atoms with Crippen LogP contribution in [0.4, 0.5) is 17.6 Å². The van der Waals surface area contributed by atoms with E-state index in [2.05, 4.69) is 0 Å². The lowest BCUT2D eigenvalue weighted by molar-refractivity contribution is -0.206. The van der Waals surface area contributed by atoms with Gasteiger partial charge in [-0.15, -0.1) is 0 Å². The molecule has 0 spiro atoms. The molecule has 0 amide bonds. The number of alkyl halides is 3. The van der Waals surface area contributed by atoms with E-state index in [1.807, 2.05) is 19.9 Å². The maximum Gasteiger partial charge on any atom is 0.425 e. The molecule has 0 saturated carbocycles. The Morgan fingerprint density at radius 1 is 0.787 bits per heavy atom. The Bertz CT molecular complexity index is 1410. The number of methoxy groups -OCH3 is 1. The number of hydrogen-bond donors (Lipinski definition) is 0. The van der Waals surface area contributed by atoms with E-state index in [-0.39, 0.29) is 30.6 Å². The molecule has 47 heavy (non-hydrogen) atoms. The zero-order valence-electron chi connectivity index (χ0n) is 26.9. The second kappa shape index (κ2) is 19.0. The average Bonchev–Trinajstić information content (AvgIpc) is 3.06. The second-order valence-electron chi connectivity index (χ2n) is 10.8. The molecule has 0 aliphatic carbocycles. The average molecular weight is 663 g/mol. The first-order valence-electron chi connectivity index (χ1n) is 15.8. The van der Waals surface area contributed by atoms with Crippen molar-refractivity contribution in [1.29, 1.82) is 0 Å². The van der Waals surface area contributed by atoms with Crippen LogP contribution in [0, 0.1) is 5.82 Å². The number of para-hydroxylation sites is 1. The lowest BCUT2D eigenvalue weighted by atomic mass is 10.0. The summed E-state index contributed by atoms with van der Waals surface area (Å²) in [6, 6.07) is 16.9. The monoisotopic (exact) mass is 662 g/mol. The largest absolute Gasteiger partial charge is 0.490 e. The molecule has 0 saturated heterocycles. The maximum absolute atomic E-state index is 16.0. The van der Waals surface area contributed by atoms with Crippen molar-refractivity contribution in [3.63, 3.8) is 0 Å². The van der Waals surface area contributed by atoms with Gasteiger partial charge in [0.15, 0.2) is 17.7 Å². The smallest absolute Gasteiger partial charge is 0.425 e. The molecule has 2 atom stereocenters. The highest BCUT2D eigenvalue weighted by atomic mass is 19.4. The fraction of sp³-hybridized carbons (Fsp3) is 0.444. The highest BCUT2D eigenvalue weighted by Crippen LogP contribution is 2.36. The number of benzene rings is 3. The fourth-order valence-corrected chi connectivity index (χ4v) is 4.89. The summed E-state index contributed by atoms with van der Waals surface area (Å²) in [5.74, 6) is -4.00. The SMILES string of the molecule is CCOCCCCCC(OC(=O)c1ccccc1OC(=O)c1ccc(-c2ccccc2)c(OCCCC(CC)OC)c1F)C(F)(F)F. The number of ether oxygens (including phenoxy) is 5. The molecule has 256 valence electrons. The Morgan fingerprint density at radius 2 is 1.51 bits per heavy atom. The molecule has 0 bridgehead atoms.